The van der Waals surface area contributed by atoms with E-state index in [-0.39, 0.29) is 11.3 Å². The third-order valence-electron chi connectivity index (χ3n) is 2.67. The lowest BCUT2D eigenvalue weighted by atomic mass is 10.0. The van der Waals surface area contributed by atoms with Crippen LogP contribution in [-0.4, -0.2) is 25.6 Å². The zero-order chi connectivity index (χ0) is 12.4. The van der Waals surface area contributed by atoms with Gasteiger partial charge in [-0.25, -0.2) is 0 Å². The Morgan fingerprint density at radius 1 is 1.06 bits per heavy atom. The van der Waals surface area contributed by atoms with Crippen LogP contribution in [0.25, 0.3) is 10.8 Å². The van der Waals surface area contributed by atoms with E-state index in [9.17, 15) is 9.90 Å². The third-order valence-corrected chi connectivity index (χ3v) is 2.67. The van der Waals surface area contributed by atoms with Crippen LogP contribution >= 0.6 is 0 Å². The summed E-state index contributed by atoms with van der Waals surface area (Å²) in [5.41, 5.74) is 0.226. The van der Waals surface area contributed by atoms with Crippen molar-refractivity contribution in [3.8, 4) is 17.2 Å². The maximum Gasteiger partial charge on any atom is 0.153 e. The van der Waals surface area contributed by atoms with Gasteiger partial charge in [-0.05, 0) is 24.3 Å². The molecule has 0 saturated heterocycles. The van der Waals surface area contributed by atoms with Gasteiger partial charge in [0, 0.05) is 5.39 Å². The van der Waals surface area contributed by atoms with Gasteiger partial charge >= 0.3 is 0 Å². The van der Waals surface area contributed by atoms with Gasteiger partial charge in [0.15, 0.2) is 6.29 Å². The maximum atomic E-state index is 10.8. The van der Waals surface area contributed by atoms with Gasteiger partial charge in [-0.2, -0.15) is 0 Å². The van der Waals surface area contributed by atoms with E-state index in [1.54, 1.807) is 31.4 Å². The molecule has 0 saturated carbocycles. The molecule has 2 rings (SSSR count). The van der Waals surface area contributed by atoms with E-state index < -0.39 is 0 Å². The summed E-state index contributed by atoms with van der Waals surface area (Å²) < 4.78 is 10.4. The van der Waals surface area contributed by atoms with Crippen LogP contribution in [0.2, 0.25) is 0 Å². The molecule has 2 aromatic rings. The number of benzene rings is 2. The van der Waals surface area contributed by atoms with Crippen LogP contribution < -0.4 is 9.47 Å². The van der Waals surface area contributed by atoms with Crippen molar-refractivity contribution >= 4 is 17.1 Å². The number of carbonyl (C=O) groups is 1. The lowest BCUT2D eigenvalue weighted by Gasteiger charge is -2.11. The van der Waals surface area contributed by atoms with Crippen LogP contribution in [0.4, 0.5) is 0 Å². The topological polar surface area (TPSA) is 55.8 Å². The molecule has 0 amide bonds. The van der Waals surface area contributed by atoms with Crippen LogP contribution in [0.1, 0.15) is 10.4 Å². The van der Waals surface area contributed by atoms with Crippen molar-refractivity contribution in [1.29, 1.82) is 0 Å². The van der Waals surface area contributed by atoms with Crippen LogP contribution in [0.3, 0.4) is 0 Å². The average Bonchev–Trinajstić information content (AvgIpc) is 2.38. The molecule has 4 heteroatoms. The van der Waals surface area contributed by atoms with E-state index in [4.69, 9.17) is 9.47 Å². The first-order valence-corrected chi connectivity index (χ1v) is 5.04. The lowest BCUT2D eigenvalue weighted by Crippen LogP contribution is -1.91. The van der Waals surface area contributed by atoms with E-state index in [1.165, 1.54) is 7.11 Å². The lowest BCUT2D eigenvalue weighted by molar-refractivity contribution is 0.112. The van der Waals surface area contributed by atoms with Crippen molar-refractivity contribution in [2.24, 2.45) is 0 Å². The third kappa shape index (κ3) is 1.67. The van der Waals surface area contributed by atoms with Gasteiger partial charge < -0.3 is 14.6 Å². The summed E-state index contributed by atoms with van der Waals surface area (Å²) in [7, 11) is 3.06. The first-order valence-electron chi connectivity index (χ1n) is 5.04. The minimum Gasteiger partial charge on any atom is -0.506 e. The molecule has 0 radical (unpaired) electrons. The van der Waals surface area contributed by atoms with Gasteiger partial charge in [-0.1, -0.05) is 0 Å². The maximum absolute atomic E-state index is 10.8. The molecule has 0 aromatic heterocycles. The molecule has 0 aliphatic heterocycles. The smallest absolute Gasteiger partial charge is 0.153 e. The Morgan fingerprint density at radius 3 is 2.29 bits per heavy atom. The van der Waals surface area contributed by atoms with Crippen molar-refractivity contribution in [2.45, 2.75) is 0 Å². The Labute approximate surface area is 98.4 Å². The summed E-state index contributed by atoms with van der Waals surface area (Å²) in [6.07, 6.45) is 0.605. The Bertz CT molecular complexity index is 575. The first-order chi connectivity index (χ1) is 8.22. The molecule has 2 aromatic carbocycles. The van der Waals surface area contributed by atoms with Crippen molar-refractivity contribution in [3.63, 3.8) is 0 Å². The average molecular weight is 232 g/mol. The zero-order valence-corrected chi connectivity index (χ0v) is 9.56. The molecule has 0 atom stereocenters. The van der Waals surface area contributed by atoms with Crippen molar-refractivity contribution in [1.82, 2.24) is 0 Å². The number of hydrogen-bond donors (Lipinski definition) is 1. The number of hydrogen-bond acceptors (Lipinski definition) is 4. The standard InChI is InChI=1S/C13H12O4/c1-16-10-5-6-11(17-2)12-9(10)4-3-8(7-14)13(12)15/h3-7,15H,1-2H3. The summed E-state index contributed by atoms with van der Waals surface area (Å²) >= 11 is 0. The normalized spacial score (nSPS) is 10.2. The number of ether oxygens (including phenoxy) is 2. The predicted molar refractivity (Wildman–Crippen MR) is 64.1 cm³/mol. The van der Waals surface area contributed by atoms with Crippen molar-refractivity contribution in [2.75, 3.05) is 14.2 Å². The second kappa shape index (κ2) is 4.33. The second-order valence-corrected chi connectivity index (χ2v) is 3.51. The summed E-state index contributed by atoms with van der Waals surface area (Å²) in [6.45, 7) is 0. The van der Waals surface area contributed by atoms with Crippen LogP contribution in [0.15, 0.2) is 24.3 Å². The van der Waals surface area contributed by atoms with Gasteiger partial charge in [-0.15, -0.1) is 0 Å². The molecule has 0 heterocycles. The first kappa shape index (κ1) is 11.3. The molecule has 0 unspecified atom stereocenters. The molecule has 0 aliphatic carbocycles. The van der Waals surface area contributed by atoms with E-state index in [0.717, 1.165) is 0 Å². The molecule has 0 bridgehead atoms. The fourth-order valence-corrected chi connectivity index (χ4v) is 1.83. The van der Waals surface area contributed by atoms with Gasteiger partial charge in [0.2, 0.25) is 0 Å². The van der Waals surface area contributed by atoms with Crippen molar-refractivity contribution < 1.29 is 19.4 Å². The molecular formula is C13H12O4. The summed E-state index contributed by atoms with van der Waals surface area (Å²) in [5, 5.41) is 11.2. The number of aldehydes is 1. The highest BCUT2D eigenvalue weighted by Gasteiger charge is 2.13. The van der Waals surface area contributed by atoms with E-state index in [2.05, 4.69) is 0 Å². The highest BCUT2D eigenvalue weighted by atomic mass is 16.5. The molecule has 4 nitrogen and oxygen atoms in total. The van der Waals surface area contributed by atoms with Gasteiger partial charge in [0.05, 0.1) is 25.2 Å². The zero-order valence-electron chi connectivity index (χ0n) is 9.56. The highest BCUT2D eigenvalue weighted by molar-refractivity contribution is 6.02. The Hall–Kier alpha value is -2.23. The highest BCUT2D eigenvalue weighted by Crippen LogP contribution is 2.39. The van der Waals surface area contributed by atoms with Gasteiger partial charge in [0.1, 0.15) is 17.2 Å². The molecule has 1 N–H and O–H groups in total. The van der Waals surface area contributed by atoms with Crippen molar-refractivity contribution in [3.05, 3.63) is 29.8 Å². The fraction of sp³-hybridized carbons (Fsp3) is 0.154. The van der Waals surface area contributed by atoms with E-state index in [0.29, 0.717) is 28.6 Å². The molecular weight excluding hydrogens is 220 g/mol. The van der Waals surface area contributed by atoms with E-state index >= 15 is 0 Å². The van der Waals surface area contributed by atoms with Crippen LogP contribution in [-0.2, 0) is 0 Å². The summed E-state index contributed by atoms with van der Waals surface area (Å²) in [6, 6.07) is 6.71. The van der Waals surface area contributed by atoms with Gasteiger partial charge in [-0.3, -0.25) is 4.79 Å². The van der Waals surface area contributed by atoms with Gasteiger partial charge in [0.25, 0.3) is 0 Å². The van der Waals surface area contributed by atoms with E-state index in [1.807, 2.05) is 0 Å². The number of methoxy groups -OCH3 is 2. The Morgan fingerprint density at radius 2 is 1.71 bits per heavy atom. The Kier molecular flexibility index (Phi) is 2.87. The monoisotopic (exact) mass is 232 g/mol. The second-order valence-electron chi connectivity index (χ2n) is 3.51. The summed E-state index contributed by atoms with van der Waals surface area (Å²) in [5.74, 6) is 1.03. The van der Waals surface area contributed by atoms with Crippen LogP contribution in [0, 0.1) is 0 Å². The Balaban J connectivity index is 2.90. The number of aromatic hydroxyl groups is 1. The number of phenolic OH excluding ortho intramolecular Hbond substituents is 1. The molecule has 0 aliphatic rings. The SMILES string of the molecule is COc1ccc(OC)c2c(O)c(C=O)ccc12. The predicted octanol–water partition coefficient (Wildman–Crippen LogP) is 2.38. The minimum absolute atomic E-state index is 0.0896. The fourth-order valence-electron chi connectivity index (χ4n) is 1.83. The number of carbonyl (C=O) groups excluding carboxylic acids is 1. The summed E-state index contributed by atoms with van der Waals surface area (Å²) in [4.78, 5) is 10.8. The number of rotatable bonds is 3. The largest absolute Gasteiger partial charge is 0.506 e. The minimum atomic E-state index is -0.0896. The molecule has 88 valence electrons. The molecule has 0 spiro atoms. The molecule has 0 fully saturated rings. The number of fused-ring (bicyclic) bond motifs is 1. The number of phenols is 1. The molecule has 17 heavy (non-hydrogen) atoms. The van der Waals surface area contributed by atoms with Crippen LogP contribution in [0.5, 0.6) is 17.2 Å². The quantitative estimate of drug-likeness (QED) is 0.825.